The smallest absolute Gasteiger partial charge is 0.317 e. The van der Waals surface area contributed by atoms with E-state index < -0.39 is 0 Å². The number of carbonyl (C=O) groups is 1. The van der Waals surface area contributed by atoms with Crippen LogP contribution in [0, 0.1) is 0 Å². The van der Waals surface area contributed by atoms with Crippen molar-refractivity contribution in [2.45, 2.75) is 76.3 Å². The van der Waals surface area contributed by atoms with Gasteiger partial charge in [-0.05, 0) is 44.6 Å². The zero-order chi connectivity index (χ0) is 19.2. The average Bonchev–Trinajstić information content (AvgIpc) is 3.48. The minimum Gasteiger partial charge on any atom is -0.339 e. The predicted molar refractivity (Wildman–Crippen MR) is 104 cm³/mol. The molecular weight excluding hydrogens is 356 g/mol. The quantitative estimate of drug-likeness (QED) is 0.790. The number of hydrogen-bond donors (Lipinski definition) is 1. The monoisotopic (exact) mass is 386 g/mol. The summed E-state index contributed by atoms with van der Waals surface area (Å²) in [6.07, 6.45) is 13.4. The molecule has 1 aliphatic carbocycles. The van der Waals surface area contributed by atoms with Crippen molar-refractivity contribution >= 4 is 6.03 Å². The van der Waals surface area contributed by atoms with E-state index in [0.717, 1.165) is 51.1 Å². The maximum atomic E-state index is 12.7. The summed E-state index contributed by atoms with van der Waals surface area (Å²) in [5.74, 6) is 1.89. The largest absolute Gasteiger partial charge is 0.339 e. The molecule has 3 heterocycles. The Morgan fingerprint density at radius 3 is 2.89 bits per heavy atom. The van der Waals surface area contributed by atoms with Gasteiger partial charge in [-0.25, -0.2) is 4.79 Å². The first kappa shape index (κ1) is 19.0. The van der Waals surface area contributed by atoms with Crippen LogP contribution in [-0.2, 0) is 13.0 Å². The van der Waals surface area contributed by atoms with E-state index in [-0.39, 0.29) is 12.1 Å². The minimum absolute atomic E-state index is 0.0182. The SMILES string of the molecule is O=C(NCCc1noc(C2CCCC2)n1)N1CCCCC1CCn1cccn1. The van der Waals surface area contributed by atoms with Gasteiger partial charge in [-0.2, -0.15) is 10.1 Å². The molecule has 28 heavy (non-hydrogen) atoms. The van der Waals surface area contributed by atoms with E-state index in [4.69, 9.17) is 4.52 Å². The number of amides is 2. The van der Waals surface area contributed by atoms with E-state index in [0.29, 0.717) is 24.7 Å². The van der Waals surface area contributed by atoms with E-state index in [1.54, 1.807) is 6.20 Å². The van der Waals surface area contributed by atoms with Crippen LogP contribution in [0.1, 0.15) is 69.0 Å². The Bertz CT molecular complexity index is 738. The molecule has 2 aromatic heterocycles. The molecule has 1 N–H and O–H groups in total. The van der Waals surface area contributed by atoms with Crippen LogP contribution in [0.4, 0.5) is 4.79 Å². The maximum Gasteiger partial charge on any atom is 0.317 e. The molecule has 1 aliphatic heterocycles. The minimum atomic E-state index is 0.0182. The Morgan fingerprint density at radius 1 is 1.21 bits per heavy atom. The Balaban J connectivity index is 1.23. The number of nitrogens with one attached hydrogen (secondary N) is 1. The van der Waals surface area contributed by atoms with Gasteiger partial charge >= 0.3 is 6.03 Å². The number of likely N-dealkylation sites (tertiary alicyclic amines) is 1. The number of carbonyl (C=O) groups excluding carboxylic acids is 1. The van der Waals surface area contributed by atoms with Gasteiger partial charge in [-0.15, -0.1) is 0 Å². The second kappa shape index (κ2) is 9.21. The first-order valence-electron chi connectivity index (χ1n) is 10.6. The van der Waals surface area contributed by atoms with Crippen molar-refractivity contribution in [3.63, 3.8) is 0 Å². The van der Waals surface area contributed by atoms with Crippen LogP contribution < -0.4 is 5.32 Å². The molecular formula is C20H30N6O2. The number of nitrogens with zero attached hydrogens (tertiary/aromatic N) is 5. The van der Waals surface area contributed by atoms with E-state index in [1.807, 2.05) is 21.8 Å². The number of hydrogen-bond acceptors (Lipinski definition) is 5. The van der Waals surface area contributed by atoms with Crippen molar-refractivity contribution in [1.82, 2.24) is 30.1 Å². The molecule has 8 heteroatoms. The van der Waals surface area contributed by atoms with Crippen LogP contribution in [0.25, 0.3) is 0 Å². The highest BCUT2D eigenvalue weighted by molar-refractivity contribution is 5.74. The van der Waals surface area contributed by atoms with Crippen LogP contribution in [0.5, 0.6) is 0 Å². The van der Waals surface area contributed by atoms with E-state index in [2.05, 4.69) is 20.6 Å². The Morgan fingerprint density at radius 2 is 2.07 bits per heavy atom. The third-order valence-corrected chi connectivity index (χ3v) is 5.95. The lowest BCUT2D eigenvalue weighted by Gasteiger charge is -2.35. The lowest BCUT2D eigenvalue weighted by Crippen LogP contribution is -2.49. The number of rotatable bonds is 7. The van der Waals surface area contributed by atoms with Gasteiger partial charge < -0.3 is 14.7 Å². The molecule has 1 saturated heterocycles. The molecule has 2 aromatic rings. The molecule has 0 bridgehead atoms. The van der Waals surface area contributed by atoms with Crippen molar-refractivity contribution < 1.29 is 9.32 Å². The van der Waals surface area contributed by atoms with Crippen LogP contribution in [0.2, 0.25) is 0 Å². The summed E-state index contributed by atoms with van der Waals surface area (Å²) in [7, 11) is 0. The summed E-state index contributed by atoms with van der Waals surface area (Å²) in [4.78, 5) is 19.2. The average molecular weight is 387 g/mol. The van der Waals surface area contributed by atoms with Crippen molar-refractivity contribution in [3.05, 3.63) is 30.2 Å². The fourth-order valence-electron chi connectivity index (χ4n) is 4.37. The molecule has 2 aliphatic rings. The lowest BCUT2D eigenvalue weighted by atomic mass is 10.00. The van der Waals surface area contributed by atoms with E-state index in [1.165, 1.54) is 19.3 Å². The summed E-state index contributed by atoms with van der Waals surface area (Å²) < 4.78 is 7.35. The van der Waals surface area contributed by atoms with Crippen molar-refractivity contribution in [1.29, 1.82) is 0 Å². The third kappa shape index (κ3) is 4.72. The van der Waals surface area contributed by atoms with Crippen molar-refractivity contribution in [2.75, 3.05) is 13.1 Å². The van der Waals surface area contributed by atoms with Crippen LogP contribution >= 0.6 is 0 Å². The fraction of sp³-hybridized carbons (Fsp3) is 0.700. The Hall–Kier alpha value is -2.38. The molecule has 1 saturated carbocycles. The van der Waals surface area contributed by atoms with Gasteiger partial charge in [0.2, 0.25) is 5.89 Å². The lowest BCUT2D eigenvalue weighted by molar-refractivity contribution is 0.143. The van der Waals surface area contributed by atoms with E-state index in [9.17, 15) is 4.79 Å². The van der Waals surface area contributed by atoms with Crippen LogP contribution in [0.3, 0.4) is 0 Å². The second-order valence-electron chi connectivity index (χ2n) is 7.91. The second-order valence-corrected chi connectivity index (χ2v) is 7.91. The third-order valence-electron chi connectivity index (χ3n) is 5.95. The van der Waals surface area contributed by atoms with Gasteiger partial charge in [0, 0.05) is 50.4 Å². The number of urea groups is 1. The number of piperidine rings is 1. The standard InChI is InChI=1S/C20H30N6O2/c27-20(21-12-9-18-23-19(28-24-18)16-6-1-2-7-16)26-14-4-3-8-17(26)10-15-25-13-5-11-22-25/h5,11,13,16-17H,1-4,6-10,12,14-15H2,(H,21,27). The first-order valence-corrected chi connectivity index (χ1v) is 10.6. The molecule has 1 unspecified atom stereocenters. The summed E-state index contributed by atoms with van der Waals surface area (Å²) in [5, 5.41) is 11.4. The normalized spacial score (nSPS) is 20.6. The molecule has 4 rings (SSSR count). The summed E-state index contributed by atoms with van der Waals surface area (Å²) in [6, 6.07) is 2.23. The number of aromatic nitrogens is 4. The summed E-state index contributed by atoms with van der Waals surface area (Å²) in [6.45, 7) is 2.20. The van der Waals surface area contributed by atoms with Gasteiger partial charge in [0.25, 0.3) is 0 Å². The topological polar surface area (TPSA) is 89.1 Å². The van der Waals surface area contributed by atoms with Crippen molar-refractivity contribution in [2.24, 2.45) is 0 Å². The van der Waals surface area contributed by atoms with Crippen LogP contribution in [0.15, 0.2) is 23.0 Å². The van der Waals surface area contributed by atoms with Gasteiger partial charge in [0.15, 0.2) is 5.82 Å². The summed E-state index contributed by atoms with van der Waals surface area (Å²) >= 11 is 0. The zero-order valence-electron chi connectivity index (χ0n) is 16.4. The highest BCUT2D eigenvalue weighted by atomic mass is 16.5. The number of aryl methyl sites for hydroxylation is 1. The highest BCUT2D eigenvalue weighted by Gasteiger charge is 2.27. The molecule has 152 valence electrons. The summed E-state index contributed by atoms with van der Waals surface area (Å²) in [5.41, 5.74) is 0. The van der Waals surface area contributed by atoms with Gasteiger partial charge in [-0.1, -0.05) is 18.0 Å². The Kier molecular flexibility index (Phi) is 6.24. The van der Waals surface area contributed by atoms with Gasteiger partial charge in [-0.3, -0.25) is 4.68 Å². The molecule has 1 atom stereocenters. The van der Waals surface area contributed by atoms with Gasteiger partial charge in [0.1, 0.15) is 0 Å². The molecule has 2 amide bonds. The van der Waals surface area contributed by atoms with Crippen molar-refractivity contribution in [3.8, 4) is 0 Å². The molecule has 0 radical (unpaired) electrons. The van der Waals surface area contributed by atoms with E-state index >= 15 is 0 Å². The predicted octanol–water partition coefficient (Wildman–Crippen LogP) is 3.12. The molecule has 0 spiro atoms. The van der Waals surface area contributed by atoms with Gasteiger partial charge in [0.05, 0.1) is 0 Å². The Labute approximate surface area is 165 Å². The highest BCUT2D eigenvalue weighted by Crippen LogP contribution is 2.32. The maximum absolute atomic E-state index is 12.7. The molecule has 8 nitrogen and oxygen atoms in total. The fourth-order valence-corrected chi connectivity index (χ4v) is 4.37. The zero-order valence-corrected chi connectivity index (χ0v) is 16.4. The molecule has 2 fully saturated rings. The van der Waals surface area contributed by atoms with Crippen LogP contribution in [-0.4, -0.2) is 50.0 Å². The first-order chi connectivity index (χ1) is 13.8. The molecule has 0 aromatic carbocycles.